The lowest BCUT2D eigenvalue weighted by molar-refractivity contribution is 0.155. The van der Waals surface area contributed by atoms with Gasteiger partial charge in [-0.2, -0.15) is 5.26 Å². The van der Waals surface area contributed by atoms with Gasteiger partial charge in [-0.15, -0.1) is 0 Å². The Kier molecular flexibility index (Phi) is 6.51. The summed E-state index contributed by atoms with van der Waals surface area (Å²) in [5, 5.41) is 12.1. The maximum atomic E-state index is 12.2. The first kappa shape index (κ1) is 19.7. The van der Waals surface area contributed by atoms with E-state index >= 15 is 0 Å². The fraction of sp³-hybridized carbons (Fsp3) is 0.364. The highest BCUT2D eigenvalue weighted by molar-refractivity contribution is 5.87. The van der Waals surface area contributed by atoms with Crippen molar-refractivity contribution in [1.82, 2.24) is 4.90 Å². The van der Waals surface area contributed by atoms with E-state index < -0.39 is 6.09 Å². The Morgan fingerprint density at radius 2 is 1.93 bits per heavy atom. The molecule has 2 aromatic rings. The topological polar surface area (TPSA) is 68.6 Å². The number of nitrogens with one attached hydrogen (secondary N) is 1. The minimum Gasteiger partial charge on any atom is -0.444 e. The molecule has 3 rings (SSSR count). The lowest BCUT2D eigenvalue weighted by Crippen LogP contribution is -2.42. The second kappa shape index (κ2) is 9.25. The average molecular weight is 378 g/mol. The fourth-order valence-corrected chi connectivity index (χ4v) is 3.44. The molecule has 6 nitrogen and oxygen atoms in total. The Labute approximate surface area is 166 Å². The highest BCUT2D eigenvalue weighted by Gasteiger charge is 2.21. The molecule has 1 heterocycles. The molecule has 28 heavy (non-hydrogen) atoms. The number of piperidine rings is 1. The predicted octanol–water partition coefficient (Wildman–Crippen LogP) is 3.84. The summed E-state index contributed by atoms with van der Waals surface area (Å²) in [5.74, 6) is 0. The molecule has 1 N–H and O–H groups in total. The third-order valence-electron chi connectivity index (χ3n) is 5.13. The van der Waals surface area contributed by atoms with Crippen molar-refractivity contribution in [1.29, 1.82) is 5.26 Å². The van der Waals surface area contributed by atoms with Crippen LogP contribution in [0.3, 0.4) is 0 Å². The van der Waals surface area contributed by atoms with Crippen molar-refractivity contribution in [3.05, 3.63) is 59.7 Å². The summed E-state index contributed by atoms with van der Waals surface area (Å²) in [6.45, 7) is 2.09. The van der Waals surface area contributed by atoms with Crippen LogP contribution in [0.25, 0.3) is 0 Å². The molecule has 146 valence electrons. The first-order valence-corrected chi connectivity index (χ1v) is 9.50. The minimum absolute atomic E-state index is 0.187. The molecule has 0 saturated carbocycles. The molecule has 1 fully saturated rings. The second-order valence-electron chi connectivity index (χ2n) is 7.21. The Balaban J connectivity index is 1.64. The molecule has 1 aliphatic heterocycles. The van der Waals surface area contributed by atoms with Crippen molar-refractivity contribution in [2.45, 2.75) is 25.5 Å². The van der Waals surface area contributed by atoms with Gasteiger partial charge in [0, 0.05) is 24.8 Å². The monoisotopic (exact) mass is 378 g/mol. The van der Waals surface area contributed by atoms with Crippen molar-refractivity contribution >= 4 is 17.5 Å². The van der Waals surface area contributed by atoms with Crippen LogP contribution in [0.5, 0.6) is 0 Å². The van der Waals surface area contributed by atoms with E-state index in [0.717, 1.165) is 37.2 Å². The fourth-order valence-electron chi connectivity index (χ4n) is 3.44. The molecule has 0 aliphatic carbocycles. The van der Waals surface area contributed by atoms with Crippen molar-refractivity contribution in [3.8, 4) is 6.07 Å². The lowest BCUT2D eigenvalue weighted by atomic mass is 10.0. The summed E-state index contributed by atoms with van der Waals surface area (Å²) in [7, 11) is 4.23. The third-order valence-corrected chi connectivity index (χ3v) is 5.13. The number of hydrogen-bond acceptors (Lipinski definition) is 5. The van der Waals surface area contributed by atoms with E-state index in [1.54, 1.807) is 6.07 Å². The van der Waals surface area contributed by atoms with E-state index in [4.69, 9.17) is 4.74 Å². The van der Waals surface area contributed by atoms with Crippen LogP contribution in [0, 0.1) is 11.3 Å². The molecule has 1 saturated heterocycles. The summed E-state index contributed by atoms with van der Waals surface area (Å²) in [5.41, 5.74) is 2.82. The highest BCUT2D eigenvalue weighted by atomic mass is 16.5. The Hall–Kier alpha value is -3.04. The molecule has 0 atom stereocenters. The minimum atomic E-state index is -0.566. The van der Waals surface area contributed by atoms with Gasteiger partial charge < -0.3 is 14.5 Å². The Bertz CT molecular complexity index is 837. The van der Waals surface area contributed by atoms with Crippen molar-refractivity contribution in [2.24, 2.45) is 0 Å². The number of benzene rings is 2. The van der Waals surface area contributed by atoms with Gasteiger partial charge in [0.15, 0.2) is 0 Å². The molecule has 0 aromatic heterocycles. The maximum absolute atomic E-state index is 12.2. The van der Waals surface area contributed by atoms with Crippen LogP contribution in [0.4, 0.5) is 16.2 Å². The Morgan fingerprint density at radius 3 is 2.57 bits per heavy atom. The first-order valence-electron chi connectivity index (χ1n) is 9.50. The average Bonchev–Trinajstić information content (AvgIpc) is 2.73. The summed E-state index contributed by atoms with van der Waals surface area (Å²) in [6, 6.07) is 17.8. The third kappa shape index (κ3) is 5.02. The molecule has 2 aromatic carbocycles. The molecule has 1 aliphatic rings. The normalized spacial score (nSPS) is 14.6. The van der Waals surface area contributed by atoms with Gasteiger partial charge in [0.25, 0.3) is 0 Å². The molecule has 0 bridgehead atoms. The zero-order chi connectivity index (χ0) is 19.9. The molecule has 0 unspecified atom stereocenters. The number of ether oxygens (including phenoxy) is 1. The van der Waals surface area contributed by atoms with Crippen LogP contribution in [0.15, 0.2) is 48.5 Å². The lowest BCUT2D eigenvalue weighted by Gasteiger charge is -2.36. The van der Waals surface area contributed by atoms with Crippen LogP contribution < -0.4 is 10.2 Å². The van der Waals surface area contributed by atoms with Crippen LogP contribution in [0.1, 0.15) is 24.0 Å². The summed E-state index contributed by atoms with van der Waals surface area (Å²) < 4.78 is 5.28. The second-order valence-corrected chi connectivity index (χ2v) is 7.21. The standard InChI is InChI=1S/C22H26N4O2/c1-25(2)19-10-12-26(13-11-19)20-9-8-18(15-23)21(14-20)24-22(27)28-16-17-6-4-3-5-7-17/h3-9,14,19H,10-13,16H2,1-2H3,(H,24,27). The number of nitrogens with zero attached hydrogens (tertiary/aromatic N) is 3. The summed E-state index contributed by atoms with van der Waals surface area (Å²) in [4.78, 5) is 16.8. The highest BCUT2D eigenvalue weighted by Crippen LogP contribution is 2.27. The smallest absolute Gasteiger partial charge is 0.411 e. The van der Waals surface area contributed by atoms with Crippen LogP contribution in [-0.2, 0) is 11.3 Å². The van der Waals surface area contributed by atoms with Gasteiger partial charge in [-0.3, -0.25) is 5.32 Å². The molecular weight excluding hydrogens is 352 g/mol. The van der Waals surface area contributed by atoms with Gasteiger partial charge in [0.1, 0.15) is 12.7 Å². The van der Waals surface area contributed by atoms with E-state index in [9.17, 15) is 10.1 Å². The van der Waals surface area contributed by atoms with Crippen LogP contribution in [0.2, 0.25) is 0 Å². The van der Waals surface area contributed by atoms with E-state index in [2.05, 4.69) is 35.3 Å². The van der Waals surface area contributed by atoms with E-state index in [-0.39, 0.29) is 6.61 Å². The van der Waals surface area contributed by atoms with Crippen molar-refractivity contribution in [3.63, 3.8) is 0 Å². The summed E-state index contributed by atoms with van der Waals surface area (Å²) in [6.07, 6.45) is 1.62. The molecule has 1 amide bonds. The number of hydrogen-bond donors (Lipinski definition) is 1. The number of carbonyl (C=O) groups excluding carboxylic acids is 1. The predicted molar refractivity (Wildman–Crippen MR) is 110 cm³/mol. The van der Waals surface area contributed by atoms with Crippen molar-refractivity contribution in [2.75, 3.05) is 37.4 Å². The van der Waals surface area contributed by atoms with Gasteiger partial charge in [0.2, 0.25) is 0 Å². The van der Waals surface area contributed by atoms with Crippen LogP contribution >= 0.6 is 0 Å². The number of amides is 1. The van der Waals surface area contributed by atoms with Crippen LogP contribution in [-0.4, -0.2) is 44.2 Å². The number of nitriles is 1. The van der Waals surface area contributed by atoms with E-state index in [1.807, 2.05) is 42.5 Å². The van der Waals surface area contributed by atoms with Gasteiger partial charge in [0.05, 0.1) is 11.3 Å². The van der Waals surface area contributed by atoms with E-state index in [0.29, 0.717) is 17.3 Å². The van der Waals surface area contributed by atoms with Gasteiger partial charge >= 0.3 is 6.09 Å². The SMILES string of the molecule is CN(C)C1CCN(c2ccc(C#N)c(NC(=O)OCc3ccccc3)c2)CC1. The molecule has 0 spiro atoms. The first-order chi connectivity index (χ1) is 13.6. The number of carbonyl (C=O) groups is 1. The molecular formula is C22H26N4O2. The van der Waals surface area contributed by atoms with Gasteiger partial charge in [-0.1, -0.05) is 30.3 Å². The maximum Gasteiger partial charge on any atom is 0.411 e. The zero-order valence-electron chi connectivity index (χ0n) is 16.4. The van der Waals surface area contributed by atoms with Gasteiger partial charge in [-0.25, -0.2) is 4.79 Å². The quantitative estimate of drug-likeness (QED) is 0.856. The van der Waals surface area contributed by atoms with Crippen molar-refractivity contribution < 1.29 is 9.53 Å². The number of rotatable bonds is 5. The zero-order valence-corrected chi connectivity index (χ0v) is 16.4. The van der Waals surface area contributed by atoms with Gasteiger partial charge in [-0.05, 0) is 50.7 Å². The number of anilines is 2. The summed E-state index contributed by atoms with van der Waals surface area (Å²) >= 11 is 0. The molecule has 6 heteroatoms. The largest absolute Gasteiger partial charge is 0.444 e. The van der Waals surface area contributed by atoms with E-state index in [1.165, 1.54) is 0 Å². The molecule has 0 radical (unpaired) electrons. The Morgan fingerprint density at radius 1 is 1.21 bits per heavy atom.